The van der Waals surface area contributed by atoms with Crippen LogP contribution in [-0.2, 0) is 0 Å². The summed E-state index contributed by atoms with van der Waals surface area (Å²) in [7, 11) is 1.67. The third-order valence-corrected chi connectivity index (χ3v) is 3.09. The highest BCUT2D eigenvalue weighted by Crippen LogP contribution is 2.19. The number of methoxy groups -OCH3 is 1. The molecule has 0 heterocycles. The maximum Gasteiger partial charge on any atom is 0.119 e. The Morgan fingerprint density at radius 1 is 1.00 bits per heavy atom. The zero-order chi connectivity index (χ0) is 14.5. The van der Waals surface area contributed by atoms with E-state index in [1.54, 1.807) is 7.11 Å². The SMILES string of the molecule is CC.CCCCC(CC)COc1ccc(OC)cc1. The van der Waals surface area contributed by atoms with Crippen molar-refractivity contribution >= 4 is 0 Å². The van der Waals surface area contributed by atoms with Gasteiger partial charge in [0.25, 0.3) is 0 Å². The second-order valence-corrected chi connectivity index (χ2v) is 4.40. The zero-order valence-corrected chi connectivity index (χ0v) is 13.2. The number of hydrogen-bond donors (Lipinski definition) is 0. The summed E-state index contributed by atoms with van der Waals surface area (Å²) in [6.45, 7) is 9.29. The summed E-state index contributed by atoms with van der Waals surface area (Å²) in [4.78, 5) is 0. The van der Waals surface area contributed by atoms with Crippen LogP contribution in [0, 0.1) is 5.92 Å². The predicted molar refractivity (Wildman–Crippen MR) is 83.1 cm³/mol. The average molecular weight is 266 g/mol. The van der Waals surface area contributed by atoms with Crippen molar-refractivity contribution in [1.29, 1.82) is 0 Å². The first-order valence-electron chi connectivity index (χ1n) is 7.57. The van der Waals surface area contributed by atoms with E-state index in [0.717, 1.165) is 18.1 Å². The molecule has 0 bridgehead atoms. The van der Waals surface area contributed by atoms with Crippen LogP contribution in [0.25, 0.3) is 0 Å². The summed E-state index contributed by atoms with van der Waals surface area (Å²) in [5.74, 6) is 2.48. The van der Waals surface area contributed by atoms with Crippen LogP contribution in [0.5, 0.6) is 11.5 Å². The van der Waals surface area contributed by atoms with Gasteiger partial charge in [0.05, 0.1) is 13.7 Å². The van der Waals surface area contributed by atoms with Gasteiger partial charge in [-0.05, 0) is 36.6 Å². The van der Waals surface area contributed by atoms with Crippen molar-refractivity contribution in [3.05, 3.63) is 24.3 Å². The maximum atomic E-state index is 5.80. The molecule has 0 radical (unpaired) electrons. The number of hydrogen-bond acceptors (Lipinski definition) is 2. The van der Waals surface area contributed by atoms with Crippen molar-refractivity contribution in [2.75, 3.05) is 13.7 Å². The Labute approximate surface area is 119 Å². The van der Waals surface area contributed by atoms with Crippen molar-refractivity contribution in [2.45, 2.75) is 53.4 Å². The molecule has 19 heavy (non-hydrogen) atoms. The predicted octanol–water partition coefficient (Wildman–Crippen LogP) is 5.32. The minimum absolute atomic E-state index is 0.678. The summed E-state index contributed by atoms with van der Waals surface area (Å²) in [5.41, 5.74) is 0. The lowest BCUT2D eigenvalue weighted by atomic mass is 10.0. The Morgan fingerprint density at radius 3 is 2.05 bits per heavy atom. The molecular formula is C17H30O2. The fourth-order valence-electron chi connectivity index (χ4n) is 1.78. The lowest BCUT2D eigenvalue weighted by Crippen LogP contribution is -2.11. The van der Waals surface area contributed by atoms with Gasteiger partial charge in [0.1, 0.15) is 11.5 Å². The molecule has 1 unspecified atom stereocenters. The Kier molecular flexibility index (Phi) is 11.1. The highest BCUT2D eigenvalue weighted by Gasteiger charge is 2.06. The van der Waals surface area contributed by atoms with E-state index in [2.05, 4.69) is 13.8 Å². The van der Waals surface area contributed by atoms with Gasteiger partial charge in [0, 0.05) is 0 Å². The summed E-state index contributed by atoms with van der Waals surface area (Å²) < 4.78 is 10.9. The molecule has 0 aliphatic heterocycles. The van der Waals surface area contributed by atoms with E-state index in [-0.39, 0.29) is 0 Å². The van der Waals surface area contributed by atoms with Gasteiger partial charge in [0.15, 0.2) is 0 Å². The Hall–Kier alpha value is -1.18. The second-order valence-electron chi connectivity index (χ2n) is 4.40. The standard InChI is InChI=1S/C15H24O2.C2H6/c1-4-6-7-13(5-2)12-17-15-10-8-14(16-3)9-11-15;1-2/h8-11,13H,4-7,12H2,1-3H3;1-2H3. The minimum Gasteiger partial charge on any atom is -0.497 e. The first-order valence-corrected chi connectivity index (χ1v) is 7.57. The molecule has 2 heteroatoms. The average Bonchev–Trinajstić information content (AvgIpc) is 2.50. The molecule has 1 aromatic rings. The molecule has 0 N–H and O–H groups in total. The van der Waals surface area contributed by atoms with E-state index < -0.39 is 0 Å². The normalized spacial score (nSPS) is 11.2. The summed E-state index contributed by atoms with van der Waals surface area (Å²) in [5, 5.41) is 0. The van der Waals surface area contributed by atoms with Gasteiger partial charge >= 0.3 is 0 Å². The Bertz CT molecular complexity index is 293. The number of rotatable bonds is 8. The van der Waals surface area contributed by atoms with Crippen LogP contribution >= 0.6 is 0 Å². The van der Waals surface area contributed by atoms with Gasteiger partial charge in [-0.2, -0.15) is 0 Å². The summed E-state index contributed by atoms with van der Waals surface area (Å²) >= 11 is 0. The van der Waals surface area contributed by atoms with Gasteiger partial charge in [-0.15, -0.1) is 0 Å². The molecule has 0 spiro atoms. The first-order chi connectivity index (χ1) is 9.30. The Morgan fingerprint density at radius 2 is 1.58 bits per heavy atom. The van der Waals surface area contributed by atoms with E-state index >= 15 is 0 Å². The molecule has 0 saturated heterocycles. The van der Waals surface area contributed by atoms with Crippen molar-refractivity contribution < 1.29 is 9.47 Å². The fraction of sp³-hybridized carbons (Fsp3) is 0.647. The first kappa shape index (κ1) is 17.8. The van der Waals surface area contributed by atoms with Gasteiger partial charge in [-0.25, -0.2) is 0 Å². The minimum atomic E-state index is 0.678. The molecule has 0 aliphatic carbocycles. The van der Waals surface area contributed by atoms with Crippen LogP contribution in [0.4, 0.5) is 0 Å². The number of benzene rings is 1. The van der Waals surface area contributed by atoms with Crippen molar-refractivity contribution in [3.63, 3.8) is 0 Å². The quantitative estimate of drug-likeness (QED) is 0.634. The molecule has 110 valence electrons. The van der Waals surface area contributed by atoms with E-state index in [1.807, 2.05) is 38.1 Å². The van der Waals surface area contributed by atoms with Crippen LogP contribution in [0.15, 0.2) is 24.3 Å². The van der Waals surface area contributed by atoms with Gasteiger partial charge < -0.3 is 9.47 Å². The molecule has 1 rings (SSSR count). The van der Waals surface area contributed by atoms with Crippen LogP contribution in [0.2, 0.25) is 0 Å². The van der Waals surface area contributed by atoms with Crippen LogP contribution < -0.4 is 9.47 Å². The van der Waals surface area contributed by atoms with E-state index in [4.69, 9.17) is 9.47 Å². The van der Waals surface area contributed by atoms with Crippen molar-refractivity contribution in [3.8, 4) is 11.5 Å². The molecule has 0 amide bonds. The smallest absolute Gasteiger partial charge is 0.119 e. The number of ether oxygens (including phenoxy) is 2. The highest BCUT2D eigenvalue weighted by molar-refractivity contribution is 5.31. The molecule has 0 aromatic heterocycles. The number of unbranched alkanes of at least 4 members (excludes halogenated alkanes) is 1. The van der Waals surface area contributed by atoms with Crippen LogP contribution in [-0.4, -0.2) is 13.7 Å². The zero-order valence-electron chi connectivity index (χ0n) is 13.2. The van der Waals surface area contributed by atoms with E-state index in [0.29, 0.717) is 5.92 Å². The topological polar surface area (TPSA) is 18.5 Å². The Balaban J connectivity index is 0.00000154. The highest BCUT2D eigenvalue weighted by atomic mass is 16.5. The molecule has 1 aromatic carbocycles. The van der Waals surface area contributed by atoms with Gasteiger partial charge in [0.2, 0.25) is 0 Å². The summed E-state index contributed by atoms with van der Waals surface area (Å²) in [6.07, 6.45) is 5.02. The molecule has 2 nitrogen and oxygen atoms in total. The maximum absolute atomic E-state index is 5.80. The molecule has 0 aliphatic rings. The largest absolute Gasteiger partial charge is 0.497 e. The van der Waals surface area contributed by atoms with Gasteiger partial charge in [-0.1, -0.05) is 47.0 Å². The molecule has 0 fully saturated rings. The third-order valence-electron chi connectivity index (χ3n) is 3.09. The van der Waals surface area contributed by atoms with Crippen molar-refractivity contribution in [1.82, 2.24) is 0 Å². The lowest BCUT2D eigenvalue weighted by Gasteiger charge is -2.15. The fourth-order valence-corrected chi connectivity index (χ4v) is 1.78. The lowest BCUT2D eigenvalue weighted by molar-refractivity contribution is 0.233. The van der Waals surface area contributed by atoms with Gasteiger partial charge in [-0.3, -0.25) is 0 Å². The summed E-state index contributed by atoms with van der Waals surface area (Å²) in [6, 6.07) is 7.79. The monoisotopic (exact) mass is 266 g/mol. The van der Waals surface area contributed by atoms with E-state index in [1.165, 1.54) is 25.7 Å². The van der Waals surface area contributed by atoms with Crippen molar-refractivity contribution in [2.24, 2.45) is 5.92 Å². The molecular weight excluding hydrogens is 236 g/mol. The third kappa shape index (κ3) is 7.76. The molecule has 0 saturated carbocycles. The second kappa shape index (κ2) is 11.9. The molecule has 1 atom stereocenters. The van der Waals surface area contributed by atoms with Crippen LogP contribution in [0.3, 0.4) is 0 Å². The van der Waals surface area contributed by atoms with E-state index in [9.17, 15) is 0 Å². The van der Waals surface area contributed by atoms with Crippen LogP contribution in [0.1, 0.15) is 53.4 Å².